The highest BCUT2D eigenvalue weighted by Crippen LogP contribution is 2.45. The van der Waals surface area contributed by atoms with Gasteiger partial charge in [-0.05, 0) is 43.0 Å². The zero-order valence-corrected chi connectivity index (χ0v) is 21.8. The fraction of sp³-hybridized carbons (Fsp3) is 0.214. The Hall–Kier alpha value is -3.71. The van der Waals surface area contributed by atoms with E-state index in [-0.39, 0.29) is 12.8 Å². The Morgan fingerprint density at radius 2 is 1.59 bits per heavy atom. The molecule has 0 aliphatic heterocycles. The molecule has 8 nitrogen and oxygen atoms in total. The minimum Gasteiger partial charge on any atom is -0.441 e. The predicted octanol–water partition coefficient (Wildman–Crippen LogP) is 7.35. The van der Waals surface area contributed by atoms with Crippen LogP contribution in [0.25, 0.3) is 22.4 Å². The van der Waals surface area contributed by atoms with Crippen molar-refractivity contribution >= 4 is 19.4 Å². The van der Waals surface area contributed by atoms with Gasteiger partial charge in [0.2, 0.25) is 0 Å². The van der Waals surface area contributed by atoms with Gasteiger partial charge in [0.1, 0.15) is 17.5 Å². The van der Waals surface area contributed by atoms with Crippen molar-refractivity contribution in [1.29, 1.82) is 0 Å². The largest absolute Gasteiger partial charge is 0.441 e. The number of hydrogen-bond donors (Lipinski definition) is 2. The maximum absolute atomic E-state index is 12.6. The summed E-state index contributed by atoms with van der Waals surface area (Å²) in [7, 11) is -3.63. The van der Waals surface area contributed by atoms with Gasteiger partial charge in [0.15, 0.2) is 5.76 Å². The number of amides is 1. The number of ether oxygens (including phenoxy) is 1. The average molecular weight is 521 g/mol. The van der Waals surface area contributed by atoms with Crippen LogP contribution in [-0.4, -0.2) is 22.8 Å². The number of carbonyl (C=O) groups is 1. The van der Waals surface area contributed by atoms with Gasteiger partial charge in [-0.25, -0.2) is 4.79 Å². The fourth-order valence-electron chi connectivity index (χ4n) is 3.90. The SMILES string of the molecule is CCOP(=O)(O)Cc1ccc(-c2ccc(-c3noc(C)c3NC(=O)O[C@H](C)c3ccccc3)cc2)cc1. The van der Waals surface area contributed by atoms with Gasteiger partial charge in [0, 0.05) is 5.56 Å². The minimum atomic E-state index is -3.63. The third kappa shape index (κ3) is 6.74. The Balaban J connectivity index is 1.45. The summed E-state index contributed by atoms with van der Waals surface area (Å²) in [4.78, 5) is 22.4. The van der Waals surface area contributed by atoms with Crippen LogP contribution >= 0.6 is 7.60 Å². The van der Waals surface area contributed by atoms with E-state index in [4.69, 9.17) is 13.8 Å². The molecule has 3 aromatic carbocycles. The van der Waals surface area contributed by atoms with E-state index in [9.17, 15) is 14.3 Å². The van der Waals surface area contributed by atoms with Gasteiger partial charge in [0.05, 0.1) is 12.8 Å². The number of carbonyl (C=O) groups excluding carboxylic acids is 1. The summed E-state index contributed by atoms with van der Waals surface area (Å²) in [5.74, 6) is 0.465. The molecule has 2 atom stereocenters. The van der Waals surface area contributed by atoms with Crippen molar-refractivity contribution in [2.45, 2.75) is 33.0 Å². The summed E-state index contributed by atoms with van der Waals surface area (Å²) in [5, 5.41) is 6.90. The Morgan fingerprint density at radius 3 is 2.22 bits per heavy atom. The number of nitrogens with one attached hydrogen (secondary N) is 1. The number of nitrogens with zero attached hydrogens (tertiary/aromatic N) is 1. The number of aromatic nitrogens is 1. The highest BCUT2D eigenvalue weighted by Gasteiger charge is 2.21. The van der Waals surface area contributed by atoms with Crippen LogP contribution in [0.3, 0.4) is 0 Å². The minimum absolute atomic E-state index is 0.0338. The molecule has 1 heterocycles. The molecule has 0 saturated heterocycles. The molecule has 0 fully saturated rings. The van der Waals surface area contributed by atoms with Crippen molar-refractivity contribution < 1.29 is 28.0 Å². The quantitative estimate of drug-likeness (QED) is 0.222. The normalized spacial score (nSPS) is 13.5. The summed E-state index contributed by atoms with van der Waals surface area (Å²) < 4.78 is 27.8. The van der Waals surface area contributed by atoms with Gasteiger partial charge in [-0.2, -0.15) is 0 Å². The molecule has 0 aliphatic rings. The molecule has 9 heteroatoms. The Labute approximate surface area is 215 Å². The van der Waals surface area contributed by atoms with Crippen molar-refractivity contribution in [3.63, 3.8) is 0 Å². The van der Waals surface area contributed by atoms with Crippen LogP contribution in [0.5, 0.6) is 0 Å². The van der Waals surface area contributed by atoms with E-state index >= 15 is 0 Å². The van der Waals surface area contributed by atoms with Gasteiger partial charge in [-0.1, -0.05) is 84.0 Å². The Bertz CT molecular complexity index is 1380. The van der Waals surface area contributed by atoms with Crippen LogP contribution in [0.2, 0.25) is 0 Å². The van der Waals surface area contributed by atoms with Gasteiger partial charge in [0.25, 0.3) is 0 Å². The second kappa shape index (κ2) is 11.6. The number of anilines is 1. The molecule has 37 heavy (non-hydrogen) atoms. The molecule has 4 rings (SSSR count). The molecule has 4 aromatic rings. The van der Waals surface area contributed by atoms with E-state index in [1.54, 1.807) is 13.8 Å². The summed E-state index contributed by atoms with van der Waals surface area (Å²) >= 11 is 0. The number of rotatable bonds is 9. The summed E-state index contributed by atoms with van der Waals surface area (Å²) in [5.41, 5.74) is 5.24. The van der Waals surface area contributed by atoms with Crippen LogP contribution in [0.1, 0.15) is 36.8 Å². The van der Waals surface area contributed by atoms with E-state index in [2.05, 4.69) is 10.5 Å². The fourth-order valence-corrected chi connectivity index (χ4v) is 5.07. The topological polar surface area (TPSA) is 111 Å². The lowest BCUT2D eigenvalue weighted by molar-refractivity contribution is 0.121. The molecule has 0 saturated carbocycles. The van der Waals surface area contributed by atoms with E-state index < -0.39 is 19.8 Å². The monoisotopic (exact) mass is 520 g/mol. The smallest absolute Gasteiger partial charge is 0.412 e. The maximum Gasteiger partial charge on any atom is 0.412 e. The van der Waals surface area contributed by atoms with E-state index in [0.717, 1.165) is 27.8 Å². The molecule has 192 valence electrons. The lowest BCUT2D eigenvalue weighted by atomic mass is 10.0. The van der Waals surface area contributed by atoms with Crippen molar-refractivity contribution in [2.24, 2.45) is 0 Å². The second-order valence-electron chi connectivity index (χ2n) is 8.53. The van der Waals surface area contributed by atoms with Crippen molar-refractivity contribution in [3.05, 3.63) is 95.7 Å². The van der Waals surface area contributed by atoms with Crippen LogP contribution in [0, 0.1) is 6.92 Å². The molecular weight excluding hydrogens is 491 g/mol. The standard InChI is InChI=1S/C28H29N2O6P/c1-4-34-37(32,33)18-21-10-12-23(13-11-21)24-14-16-25(17-15-24)27-26(20(3)36-30-27)29-28(31)35-19(2)22-8-6-5-7-9-22/h5-17,19H,4,18H2,1-3H3,(H,29,31)(H,32,33)/t19-/m1/s1. The van der Waals surface area contributed by atoms with Crippen LogP contribution in [-0.2, 0) is 20.0 Å². The molecule has 1 aromatic heterocycles. The van der Waals surface area contributed by atoms with E-state index in [0.29, 0.717) is 17.1 Å². The summed E-state index contributed by atoms with van der Waals surface area (Å²) in [6, 6.07) is 24.6. The molecule has 0 bridgehead atoms. The first-order valence-electron chi connectivity index (χ1n) is 11.9. The summed E-state index contributed by atoms with van der Waals surface area (Å²) in [6.45, 7) is 5.41. The van der Waals surface area contributed by atoms with Crippen molar-refractivity contribution in [3.8, 4) is 22.4 Å². The van der Waals surface area contributed by atoms with Crippen LogP contribution < -0.4 is 5.32 Å². The molecule has 0 aliphatic carbocycles. The molecule has 1 amide bonds. The molecule has 1 unspecified atom stereocenters. The highest BCUT2D eigenvalue weighted by molar-refractivity contribution is 7.51. The lowest BCUT2D eigenvalue weighted by Gasteiger charge is -2.14. The zero-order chi connectivity index (χ0) is 26.4. The molecule has 0 spiro atoms. The van der Waals surface area contributed by atoms with Gasteiger partial charge < -0.3 is 18.7 Å². The molecular formula is C28H29N2O6P. The molecule has 2 N–H and O–H groups in total. The predicted molar refractivity (Wildman–Crippen MR) is 142 cm³/mol. The highest BCUT2D eigenvalue weighted by atomic mass is 31.2. The number of hydrogen-bond acceptors (Lipinski definition) is 6. The van der Waals surface area contributed by atoms with Crippen molar-refractivity contribution in [2.75, 3.05) is 11.9 Å². The van der Waals surface area contributed by atoms with Crippen molar-refractivity contribution in [1.82, 2.24) is 5.16 Å². The third-order valence-electron chi connectivity index (χ3n) is 5.80. The molecule has 0 radical (unpaired) electrons. The second-order valence-corrected chi connectivity index (χ2v) is 10.4. The first kappa shape index (κ1) is 26.4. The number of benzene rings is 3. The first-order valence-corrected chi connectivity index (χ1v) is 13.7. The summed E-state index contributed by atoms with van der Waals surface area (Å²) in [6.07, 6.45) is -1.05. The third-order valence-corrected chi connectivity index (χ3v) is 7.23. The van der Waals surface area contributed by atoms with Gasteiger partial charge in [-0.3, -0.25) is 9.88 Å². The Morgan fingerprint density at radius 1 is 1.00 bits per heavy atom. The van der Waals surface area contributed by atoms with E-state index in [1.807, 2.05) is 85.8 Å². The van der Waals surface area contributed by atoms with E-state index in [1.165, 1.54) is 0 Å². The van der Waals surface area contributed by atoms with Crippen LogP contribution in [0.15, 0.2) is 83.4 Å². The Kier molecular flexibility index (Phi) is 8.24. The average Bonchev–Trinajstić information content (AvgIpc) is 3.24. The number of aryl methyl sites for hydroxylation is 1. The van der Waals surface area contributed by atoms with Gasteiger partial charge >= 0.3 is 13.7 Å². The van der Waals surface area contributed by atoms with Gasteiger partial charge in [-0.15, -0.1) is 0 Å². The van der Waals surface area contributed by atoms with Crippen LogP contribution in [0.4, 0.5) is 10.5 Å². The lowest BCUT2D eigenvalue weighted by Crippen LogP contribution is -2.16. The maximum atomic E-state index is 12.6. The first-order chi connectivity index (χ1) is 17.8. The zero-order valence-electron chi connectivity index (χ0n) is 20.9.